The van der Waals surface area contributed by atoms with Gasteiger partial charge in [0.05, 0.1) is 5.57 Å². The number of carbonyl (C=O) groups is 1. The SMILES string of the molecule is C=C(C(=O)O)C(=CCCCCCCCCCCC)c1ccccc1O. The Hall–Kier alpha value is -2.03. The van der Waals surface area contributed by atoms with Gasteiger partial charge in [0, 0.05) is 5.56 Å². The van der Waals surface area contributed by atoms with Gasteiger partial charge in [-0.25, -0.2) is 4.79 Å². The molecule has 0 saturated heterocycles. The summed E-state index contributed by atoms with van der Waals surface area (Å²) in [7, 11) is 0. The number of carboxylic acids is 1. The molecule has 0 spiro atoms. The van der Waals surface area contributed by atoms with E-state index in [0.29, 0.717) is 11.1 Å². The fraction of sp³-hybridized carbons (Fsp3) is 0.500. The number of hydrogen-bond donors (Lipinski definition) is 2. The van der Waals surface area contributed by atoms with E-state index in [4.69, 9.17) is 0 Å². The minimum Gasteiger partial charge on any atom is -0.507 e. The molecule has 0 saturated carbocycles. The molecule has 0 amide bonds. The van der Waals surface area contributed by atoms with Crippen molar-refractivity contribution < 1.29 is 15.0 Å². The molecule has 0 fully saturated rings. The highest BCUT2D eigenvalue weighted by Gasteiger charge is 2.15. The van der Waals surface area contributed by atoms with E-state index in [9.17, 15) is 15.0 Å². The van der Waals surface area contributed by atoms with Gasteiger partial charge in [-0.1, -0.05) is 89.1 Å². The van der Waals surface area contributed by atoms with Crippen molar-refractivity contribution in [3.8, 4) is 5.75 Å². The first kappa shape index (κ1) is 21.0. The lowest BCUT2D eigenvalue weighted by Crippen LogP contribution is -2.02. The Bertz CT molecular complexity index is 572. The van der Waals surface area contributed by atoms with E-state index in [1.54, 1.807) is 24.3 Å². The van der Waals surface area contributed by atoms with Crippen molar-refractivity contribution in [1.29, 1.82) is 0 Å². The minimum atomic E-state index is -1.05. The summed E-state index contributed by atoms with van der Waals surface area (Å²) >= 11 is 0. The van der Waals surface area contributed by atoms with Crippen LogP contribution in [0.3, 0.4) is 0 Å². The number of para-hydroxylation sites is 1. The Kier molecular flexibility index (Phi) is 10.4. The van der Waals surface area contributed by atoms with Crippen molar-refractivity contribution >= 4 is 11.5 Å². The molecule has 0 bridgehead atoms. The van der Waals surface area contributed by atoms with Gasteiger partial charge in [0.1, 0.15) is 5.75 Å². The fourth-order valence-electron chi connectivity index (χ4n) is 2.91. The van der Waals surface area contributed by atoms with Crippen LogP contribution in [0.15, 0.2) is 42.5 Å². The molecule has 2 N–H and O–H groups in total. The maximum Gasteiger partial charge on any atom is 0.335 e. The van der Waals surface area contributed by atoms with Gasteiger partial charge < -0.3 is 10.2 Å². The van der Waals surface area contributed by atoms with Gasteiger partial charge in [0.2, 0.25) is 0 Å². The summed E-state index contributed by atoms with van der Waals surface area (Å²) in [5.74, 6) is -0.968. The van der Waals surface area contributed by atoms with Crippen LogP contribution in [0.5, 0.6) is 5.75 Å². The monoisotopic (exact) mass is 344 g/mol. The van der Waals surface area contributed by atoms with Crippen LogP contribution in [0.4, 0.5) is 0 Å². The summed E-state index contributed by atoms with van der Waals surface area (Å²) in [6, 6.07) is 6.81. The number of aliphatic carboxylic acids is 1. The second-order valence-corrected chi connectivity index (χ2v) is 6.54. The standard InChI is InChI=1S/C22H32O3/c1-3-4-5-6-7-8-9-10-11-12-15-19(18(2)22(24)25)20-16-13-14-17-21(20)23/h13-17,23H,2-12H2,1H3,(H,24,25). The van der Waals surface area contributed by atoms with Crippen molar-refractivity contribution in [2.24, 2.45) is 0 Å². The smallest absolute Gasteiger partial charge is 0.335 e. The molecule has 1 aromatic carbocycles. The van der Waals surface area contributed by atoms with Gasteiger partial charge in [-0.3, -0.25) is 0 Å². The van der Waals surface area contributed by atoms with Crippen LogP contribution in [-0.2, 0) is 4.79 Å². The molecule has 0 radical (unpaired) electrons. The summed E-state index contributed by atoms with van der Waals surface area (Å²) < 4.78 is 0. The highest BCUT2D eigenvalue weighted by Crippen LogP contribution is 2.30. The molecule has 0 aliphatic rings. The van der Waals surface area contributed by atoms with Crippen LogP contribution in [0.25, 0.3) is 5.57 Å². The topological polar surface area (TPSA) is 57.5 Å². The van der Waals surface area contributed by atoms with Crippen molar-refractivity contribution in [3.05, 3.63) is 48.1 Å². The zero-order valence-corrected chi connectivity index (χ0v) is 15.5. The first-order chi connectivity index (χ1) is 12.1. The lowest BCUT2D eigenvalue weighted by atomic mass is 9.96. The first-order valence-corrected chi connectivity index (χ1v) is 9.49. The van der Waals surface area contributed by atoms with Crippen LogP contribution in [0.2, 0.25) is 0 Å². The van der Waals surface area contributed by atoms with Crippen molar-refractivity contribution in [3.63, 3.8) is 0 Å². The predicted molar refractivity (Wildman–Crippen MR) is 105 cm³/mol. The van der Waals surface area contributed by atoms with Gasteiger partial charge >= 0.3 is 5.97 Å². The van der Waals surface area contributed by atoms with Crippen LogP contribution in [-0.4, -0.2) is 16.2 Å². The van der Waals surface area contributed by atoms with Crippen molar-refractivity contribution in [2.45, 2.75) is 71.1 Å². The van der Waals surface area contributed by atoms with E-state index < -0.39 is 5.97 Å². The van der Waals surface area contributed by atoms with Crippen LogP contribution in [0.1, 0.15) is 76.7 Å². The van der Waals surface area contributed by atoms with Gasteiger partial charge in [0.15, 0.2) is 0 Å². The van der Waals surface area contributed by atoms with Crippen molar-refractivity contribution in [2.75, 3.05) is 0 Å². The number of benzene rings is 1. The second-order valence-electron chi connectivity index (χ2n) is 6.54. The van der Waals surface area contributed by atoms with E-state index in [-0.39, 0.29) is 11.3 Å². The lowest BCUT2D eigenvalue weighted by Gasteiger charge is -2.10. The minimum absolute atomic E-state index is 0.0254. The third-order valence-electron chi connectivity index (χ3n) is 4.43. The third kappa shape index (κ3) is 8.06. The number of phenols is 1. The fourth-order valence-corrected chi connectivity index (χ4v) is 2.91. The second kappa shape index (κ2) is 12.3. The largest absolute Gasteiger partial charge is 0.507 e. The highest BCUT2D eigenvalue weighted by atomic mass is 16.4. The van der Waals surface area contributed by atoms with E-state index in [2.05, 4.69) is 13.5 Å². The summed E-state index contributed by atoms with van der Waals surface area (Å²) in [6.45, 7) is 5.89. The van der Waals surface area contributed by atoms with E-state index >= 15 is 0 Å². The summed E-state index contributed by atoms with van der Waals surface area (Å²) in [5, 5.41) is 19.2. The average molecular weight is 344 g/mol. The lowest BCUT2D eigenvalue weighted by molar-refractivity contribution is -0.132. The van der Waals surface area contributed by atoms with Crippen molar-refractivity contribution in [1.82, 2.24) is 0 Å². The first-order valence-electron chi connectivity index (χ1n) is 9.49. The maximum absolute atomic E-state index is 11.3. The average Bonchev–Trinajstić information content (AvgIpc) is 2.60. The Balaban J connectivity index is 2.46. The Morgan fingerprint density at radius 3 is 2.12 bits per heavy atom. The number of rotatable bonds is 13. The van der Waals surface area contributed by atoms with Crippen LogP contribution in [0, 0.1) is 0 Å². The van der Waals surface area contributed by atoms with Gasteiger partial charge in [-0.05, 0) is 24.5 Å². The maximum atomic E-state index is 11.3. The molecule has 0 heterocycles. The third-order valence-corrected chi connectivity index (χ3v) is 4.43. The summed E-state index contributed by atoms with van der Waals surface area (Å²) in [4.78, 5) is 11.3. The summed E-state index contributed by atoms with van der Waals surface area (Å²) in [5.41, 5.74) is 1.08. The molecule has 0 unspecified atom stereocenters. The Labute approximate surface area is 152 Å². The molecule has 0 atom stereocenters. The van der Waals surface area contributed by atoms with E-state index in [1.807, 2.05) is 6.08 Å². The molecule has 1 rings (SSSR count). The zero-order chi connectivity index (χ0) is 18.5. The van der Waals surface area contributed by atoms with E-state index in [0.717, 1.165) is 19.3 Å². The number of allylic oxidation sites excluding steroid dienone is 1. The predicted octanol–water partition coefficient (Wildman–Crippen LogP) is 6.34. The molecule has 138 valence electrons. The molecule has 25 heavy (non-hydrogen) atoms. The zero-order valence-electron chi connectivity index (χ0n) is 15.5. The van der Waals surface area contributed by atoms with Gasteiger partial charge in [-0.2, -0.15) is 0 Å². The Morgan fingerprint density at radius 2 is 1.56 bits per heavy atom. The Morgan fingerprint density at radius 1 is 1.00 bits per heavy atom. The van der Waals surface area contributed by atoms with E-state index in [1.165, 1.54) is 44.9 Å². The number of hydrogen-bond acceptors (Lipinski definition) is 2. The number of unbranched alkanes of at least 4 members (excludes halogenated alkanes) is 9. The molecule has 0 aliphatic carbocycles. The molecule has 3 heteroatoms. The van der Waals surface area contributed by atoms with Gasteiger partial charge in [0.25, 0.3) is 0 Å². The number of carboxylic acid groups (broad SMARTS) is 1. The molecule has 3 nitrogen and oxygen atoms in total. The number of aromatic hydroxyl groups is 1. The molecular formula is C22H32O3. The summed E-state index contributed by atoms with van der Waals surface area (Å²) in [6.07, 6.45) is 14.0. The molecule has 0 aromatic heterocycles. The quantitative estimate of drug-likeness (QED) is 0.249. The normalized spacial score (nSPS) is 11.5. The van der Waals surface area contributed by atoms with Crippen LogP contribution >= 0.6 is 0 Å². The van der Waals surface area contributed by atoms with Crippen LogP contribution < -0.4 is 0 Å². The molecular weight excluding hydrogens is 312 g/mol. The molecule has 1 aromatic rings. The number of phenolic OH excluding ortho intramolecular Hbond substituents is 1. The van der Waals surface area contributed by atoms with Gasteiger partial charge in [-0.15, -0.1) is 0 Å². The highest BCUT2D eigenvalue weighted by molar-refractivity contribution is 6.05. The molecule has 0 aliphatic heterocycles.